The molecule has 3 rings (SSSR count). The van der Waals surface area contributed by atoms with E-state index in [9.17, 15) is 4.79 Å². The number of furan rings is 1. The number of thiocarbonyl (C=S) groups is 1. The van der Waals surface area contributed by atoms with Crippen molar-refractivity contribution in [3.05, 3.63) is 77.2 Å². The number of pyridine rings is 1. The number of rotatable bonds is 4. The van der Waals surface area contributed by atoms with E-state index in [4.69, 9.17) is 28.2 Å². The summed E-state index contributed by atoms with van der Waals surface area (Å²) in [5.74, 6) is 1.47. The molecule has 0 spiro atoms. The van der Waals surface area contributed by atoms with Crippen LogP contribution >= 0.6 is 23.8 Å². The number of benzene rings is 1. The highest BCUT2D eigenvalue weighted by Gasteiger charge is 2.06. The number of hydrogen-bond acceptors (Lipinski definition) is 4. The number of hydrogen-bond donors (Lipinski definition) is 2. The van der Waals surface area contributed by atoms with Crippen LogP contribution in [0.1, 0.15) is 11.3 Å². The Hall–Kier alpha value is -2.96. The molecule has 136 valence electrons. The lowest BCUT2D eigenvalue weighted by atomic mass is 10.2. The highest BCUT2D eigenvalue weighted by molar-refractivity contribution is 7.80. The second kappa shape index (κ2) is 8.62. The molecule has 5 nitrogen and oxygen atoms in total. The average Bonchev–Trinajstić information content (AvgIpc) is 3.11. The highest BCUT2D eigenvalue weighted by atomic mass is 35.5. The van der Waals surface area contributed by atoms with E-state index in [0.29, 0.717) is 22.4 Å². The van der Waals surface area contributed by atoms with Gasteiger partial charge >= 0.3 is 0 Å². The van der Waals surface area contributed by atoms with Gasteiger partial charge in [0.25, 0.3) is 0 Å². The zero-order chi connectivity index (χ0) is 19.2. The Labute approximate surface area is 167 Å². The summed E-state index contributed by atoms with van der Waals surface area (Å²) in [7, 11) is 0. The molecular formula is C20H16ClN3O2S. The molecule has 1 amide bonds. The van der Waals surface area contributed by atoms with Crippen molar-refractivity contribution in [2.24, 2.45) is 0 Å². The topological polar surface area (TPSA) is 67.2 Å². The van der Waals surface area contributed by atoms with Crippen LogP contribution in [0, 0.1) is 6.92 Å². The summed E-state index contributed by atoms with van der Waals surface area (Å²) in [4.78, 5) is 16.2. The minimum atomic E-state index is -0.370. The van der Waals surface area contributed by atoms with Crippen molar-refractivity contribution in [1.82, 2.24) is 10.3 Å². The highest BCUT2D eigenvalue weighted by Crippen LogP contribution is 2.24. The van der Waals surface area contributed by atoms with Gasteiger partial charge in [-0.3, -0.25) is 10.1 Å². The third-order valence-electron chi connectivity index (χ3n) is 3.63. The fraction of sp³-hybridized carbons (Fsp3) is 0.0500. The molecule has 1 aromatic carbocycles. The number of amides is 1. The number of carbonyl (C=O) groups is 1. The quantitative estimate of drug-likeness (QED) is 0.487. The maximum atomic E-state index is 12.0. The van der Waals surface area contributed by atoms with E-state index < -0.39 is 0 Å². The molecule has 2 N–H and O–H groups in total. The number of halogens is 1. The molecular weight excluding hydrogens is 382 g/mol. The van der Waals surface area contributed by atoms with Gasteiger partial charge < -0.3 is 9.73 Å². The third-order valence-corrected chi connectivity index (χ3v) is 4.09. The Kier molecular flexibility index (Phi) is 6.01. The monoisotopic (exact) mass is 397 g/mol. The van der Waals surface area contributed by atoms with Crippen LogP contribution in [0.15, 0.2) is 65.2 Å². The van der Waals surface area contributed by atoms with Gasteiger partial charge in [-0.1, -0.05) is 17.7 Å². The number of anilines is 1. The number of aryl methyl sites for hydroxylation is 1. The Morgan fingerprint density at radius 1 is 1.19 bits per heavy atom. The van der Waals surface area contributed by atoms with Crippen LogP contribution in [-0.2, 0) is 4.79 Å². The largest absolute Gasteiger partial charge is 0.457 e. The molecule has 0 bridgehead atoms. The zero-order valence-corrected chi connectivity index (χ0v) is 16.0. The molecule has 0 radical (unpaired) electrons. The summed E-state index contributed by atoms with van der Waals surface area (Å²) < 4.78 is 5.71. The minimum absolute atomic E-state index is 0.174. The van der Waals surface area contributed by atoms with E-state index >= 15 is 0 Å². The van der Waals surface area contributed by atoms with Crippen molar-refractivity contribution in [2.75, 3.05) is 5.32 Å². The lowest BCUT2D eigenvalue weighted by Crippen LogP contribution is -2.33. The van der Waals surface area contributed by atoms with Crippen molar-refractivity contribution in [3.63, 3.8) is 0 Å². The molecule has 7 heteroatoms. The normalized spacial score (nSPS) is 10.7. The van der Waals surface area contributed by atoms with Gasteiger partial charge in [-0.05, 0) is 73.2 Å². The van der Waals surface area contributed by atoms with Gasteiger partial charge in [0, 0.05) is 22.9 Å². The first-order chi connectivity index (χ1) is 13.0. The van der Waals surface area contributed by atoms with Crippen molar-refractivity contribution in [3.8, 4) is 11.3 Å². The van der Waals surface area contributed by atoms with Crippen molar-refractivity contribution in [1.29, 1.82) is 0 Å². The first kappa shape index (κ1) is 18.8. The predicted molar refractivity (Wildman–Crippen MR) is 112 cm³/mol. The van der Waals surface area contributed by atoms with Gasteiger partial charge in [-0.2, -0.15) is 0 Å². The molecule has 2 aromatic heterocycles. The Bertz CT molecular complexity index is 996. The van der Waals surface area contributed by atoms with Crippen molar-refractivity contribution in [2.45, 2.75) is 6.92 Å². The molecule has 0 aliphatic rings. The van der Waals surface area contributed by atoms with E-state index in [2.05, 4.69) is 15.6 Å². The van der Waals surface area contributed by atoms with Gasteiger partial charge in [0.2, 0.25) is 5.91 Å². The summed E-state index contributed by atoms with van der Waals surface area (Å²) in [5, 5.41) is 6.29. The Morgan fingerprint density at radius 2 is 1.96 bits per heavy atom. The van der Waals surface area contributed by atoms with E-state index in [-0.39, 0.29) is 11.0 Å². The second-order valence-corrected chi connectivity index (χ2v) is 6.50. The summed E-state index contributed by atoms with van der Waals surface area (Å²) >= 11 is 11.0. The SMILES string of the molecule is Cc1cccnc1NC(=S)NC(=O)/C=C/c1ccc(-c2ccc(Cl)cc2)o1. The number of nitrogens with one attached hydrogen (secondary N) is 2. The van der Waals surface area contributed by atoms with Crippen LogP contribution in [0.3, 0.4) is 0 Å². The second-order valence-electron chi connectivity index (χ2n) is 5.65. The van der Waals surface area contributed by atoms with Crippen LogP contribution in [0.25, 0.3) is 17.4 Å². The van der Waals surface area contributed by atoms with Crippen LogP contribution in [0.5, 0.6) is 0 Å². The molecule has 0 atom stereocenters. The van der Waals surface area contributed by atoms with Gasteiger partial charge in [0.15, 0.2) is 5.11 Å². The zero-order valence-electron chi connectivity index (χ0n) is 14.4. The fourth-order valence-corrected chi connectivity index (χ4v) is 2.60. The molecule has 0 fully saturated rings. The van der Waals surface area contributed by atoms with Crippen LogP contribution < -0.4 is 10.6 Å². The molecule has 0 aliphatic heterocycles. The lowest BCUT2D eigenvalue weighted by Gasteiger charge is -2.08. The Morgan fingerprint density at radius 3 is 2.70 bits per heavy atom. The standard InChI is InChI=1S/C20H16ClN3O2S/c1-13-3-2-12-22-19(13)24-20(27)23-18(25)11-9-16-8-10-17(26-16)14-4-6-15(21)7-5-14/h2-12H,1H3,(H2,22,23,24,25,27)/b11-9+. The van der Waals surface area contributed by atoms with E-state index in [1.807, 2.05) is 37.3 Å². The molecule has 0 aliphatic carbocycles. The Balaban J connectivity index is 1.58. The number of carbonyl (C=O) groups excluding carboxylic acids is 1. The van der Waals surface area contributed by atoms with Crippen LogP contribution in [-0.4, -0.2) is 16.0 Å². The van der Waals surface area contributed by atoms with Gasteiger partial charge in [0.05, 0.1) is 0 Å². The number of aromatic nitrogens is 1. The summed E-state index contributed by atoms with van der Waals surface area (Å²) in [5.41, 5.74) is 1.83. The fourth-order valence-electron chi connectivity index (χ4n) is 2.28. The lowest BCUT2D eigenvalue weighted by molar-refractivity contribution is -0.115. The van der Waals surface area contributed by atoms with Crippen LogP contribution in [0.4, 0.5) is 5.82 Å². The molecule has 27 heavy (non-hydrogen) atoms. The maximum Gasteiger partial charge on any atom is 0.250 e. The molecule has 0 saturated carbocycles. The van der Waals surface area contributed by atoms with E-state index in [0.717, 1.165) is 11.1 Å². The van der Waals surface area contributed by atoms with Crippen molar-refractivity contribution < 1.29 is 9.21 Å². The van der Waals surface area contributed by atoms with E-state index in [1.54, 1.807) is 30.5 Å². The predicted octanol–water partition coefficient (Wildman–Crippen LogP) is 4.83. The van der Waals surface area contributed by atoms with Gasteiger partial charge in [-0.15, -0.1) is 0 Å². The van der Waals surface area contributed by atoms with Crippen LogP contribution in [0.2, 0.25) is 5.02 Å². The molecule has 0 saturated heterocycles. The number of nitrogens with zero attached hydrogens (tertiary/aromatic N) is 1. The third kappa shape index (κ3) is 5.26. The summed E-state index contributed by atoms with van der Waals surface area (Å²) in [6.07, 6.45) is 4.57. The van der Waals surface area contributed by atoms with Gasteiger partial charge in [-0.25, -0.2) is 4.98 Å². The molecule has 0 unspecified atom stereocenters. The molecule has 2 heterocycles. The smallest absolute Gasteiger partial charge is 0.250 e. The summed E-state index contributed by atoms with van der Waals surface area (Å²) in [6, 6.07) is 14.6. The minimum Gasteiger partial charge on any atom is -0.457 e. The van der Waals surface area contributed by atoms with E-state index in [1.165, 1.54) is 6.08 Å². The average molecular weight is 398 g/mol. The first-order valence-corrected chi connectivity index (χ1v) is 8.87. The van der Waals surface area contributed by atoms with Crippen molar-refractivity contribution >= 4 is 46.7 Å². The first-order valence-electron chi connectivity index (χ1n) is 8.09. The van der Waals surface area contributed by atoms with Gasteiger partial charge in [0.1, 0.15) is 17.3 Å². The molecule has 3 aromatic rings. The summed E-state index contributed by atoms with van der Waals surface area (Å²) in [6.45, 7) is 1.90. The maximum absolute atomic E-state index is 12.0.